The highest BCUT2D eigenvalue weighted by molar-refractivity contribution is 7.18. The van der Waals surface area contributed by atoms with Gasteiger partial charge in [0.1, 0.15) is 22.9 Å². The lowest BCUT2D eigenvalue weighted by atomic mass is 10.0. The van der Waals surface area contributed by atoms with Crippen LogP contribution >= 0.6 is 11.3 Å². The van der Waals surface area contributed by atoms with E-state index in [2.05, 4.69) is 15.6 Å². The monoisotopic (exact) mass is 583 g/mol. The van der Waals surface area contributed by atoms with Gasteiger partial charge in [-0.2, -0.15) is 0 Å². The number of methoxy groups -OCH3 is 1. The lowest BCUT2D eigenvalue weighted by Crippen LogP contribution is -2.32. The Bertz CT molecular complexity index is 1830. The van der Waals surface area contributed by atoms with Crippen LogP contribution < -0.4 is 21.1 Å². The number of carbonyl (C=O) groups excluding carboxylic acids is 2. The number of alkyl carbamates (subject to hydrolysis) is 1. The van der Waals surface area contributed by atoms with Crippen LogP contribution in [0.25, 0.3) is 38.2 Å². The molecule has 10 heteroatoms. The predicted molar refractivity (Wildman–Crippen MR) is 170 cm³/mol. The van der Waals surface area contributed by atoms with E-state index in [1.807, 2.05) is 98.4 Å². The molecule has 9 nitrogen and oxygen atoms in total. The molecule has 3 heterocycles. The fourth-order valence-corrected chi connectivity index (χ4v) is 5.79. The standard InChI is InChI=1S/C32H33N5O4S/c1-32(2,3)41-31(39)34-14-8-10-21-17-35-29(33)27-22(18-42-28(21)27)19-12-13-23(26(16-19)40-5)36-30(38)25-15-20-9-6-7-11-24(20)37(25)4/h6-13,15-18H,14H2,1-5H3,(H2,33,35)(H,34,39)(H,36,38). The minimum absolute atomic E-state index is 0.230. The van der Waals surface area contributed by atoms with Crippen LogP contribution in [0.4, 0.5) is 16.3 Å². The number of para-hydroxylation sites is 1. The van der Waals surface area contributed by atoms with Crippen LogP contribution in [-0.4, -0.2) is 40.8 Å². The van der Waals surface area contributed by atoms with Gasteiger partial charge >= 0.3 is 6.09 Å². The third kappa shape index (κ3) is 5.94. The lowest BCUT2D eigenvalue weighted by Gasteiger charge is -2.19. The van der Waals surface area contributed by atoms with Gasteiger partial charge in [0.25, 0.3) is 5.91 Å². The summed E-state index contributed by atoms with van der Waals surface area (Å²) in [7, 11) is 3.44. The molecule has 0 bridgehead atoms. The summed E-state index contributed by atoms with van der Waals surface area (Å²) in [5, 5.41) is 9.56. The van der Waals surface area contributed by atoms with Crippen molar-refractivity contribution in [2.45, 2.75) is 26.4 Å². The van der Waals surface area contributed by atoms with E-state index in [0.717, 1.165) is 37.7 Å². The lowest BCUT2D eigenvalue weighted by molar-refractivity contribution is 0.0534. The van der Waals surface area contributed by atoms with Crippen LogP contribution in [0, 0.1) is 0 Å². The minimum atomic E-state index is -0.558. The molecule has 4 N–H and O–H groups in total. The number of pyridine rings is 1. The molecule has 2 aromatic carbocycles. The third-order valence-corrected chi connectivity index (χ3v) is 7.69. The zero-order valence-electron chi connectivity index (χ0n) is 24.1. The van der Waals surface area contributed by atoms with Gasteiger partial charge in [-0.25, -0.2) is 9.78 Å². The molecule has 42 heavy (non-hydrogen) atoms. The van der Waals surface area contributed by atoms with Gasteiger partial charge in [0, 0.05) is 51.9 Å². The SMILES string of the molecule is COc1cc(-c2csc3c(C=CCNC(=O)OC(C)(C)C)cnc(N)c23)ccc1NC(=O)c1cc2ccccc2n1C. The topological polar surface area (TPSA) is 120 Å². The number of rotatable bonds is 7. The van der Waals surface area contributed by atoms with Crippen molar-refractivity contribution in [3.63, 3.8) is 0 Å². The van der Waals surface area contributed by atoms with Gasteiger partial charge < -0.3 is 30.4 Å². The highest BCUT2D eigenvalue weighted by Gasteiger charge is 2.18. The Morgan fingerprint density at radius 2 is 1.93 bits per heavy atom. The molecule has 0 aliphatic heterocycles. The molecule has 0 aliphatic rings. The molecule has 0 aliphatic carbocycles. The number of benzene rings is 2. The maximum atomic E-state index is 13.2. The molecular formula is C32H33N5O4S. The molecule has 0 radical (unpaired) electrons. The molecule has 3 aromatic heterocycles. The van der Waals surface area contributed by atoms with E-state index in [1.54, 1.807) is 24.6 Å². The molecule has 0 spiro atoms. The van der Waals surface area contributed by atoms with E-state index in [0.29, 0.717) is 29.5 Å². The number of amides is 2. The second-order valence-corrected chi connectivity index (χ2v) is 11.6. The molecule has 5 rings (SSSR count). The van der Waals surface area contributed by atoms with E-state index >= 15 is 0 Å². The molecule has 0 saturated heterocycles. The molecule has 0 unspecified atom stereocenters. The van der Waals surface area contributed by atoms with E-state index in [-0.39, 0.29) is 5.91 Å². The van der Waals surface area contributed by atoms with Crippen LogP contribution in [0.3, 0.4) is 0 Å². The van der Waals surface area contributed by atoms with Crippen molar-refractivity contribution in [2.24, 2.45) is 7.05 Å². The molecule has 5 aromatic rings. The molecule has 0 atom stereocenters. The number of fused-ring (bicyclic) bond motifs is 2. The summed E-state index contributed by atoms with van der Waals surface area (Å²) < 4.78 is 13.8. The number of anilines is 2. The number of nitrogens with one attached hydrogen (secondary N) is 2. The van der Waals surface area contributed by atoms with Crippen molar-refractivity contribution >= 4 is 61.9 Å². The smallest absolute Gasteiger partial charge is 0.407 e. The van der Waals surface area contributed by atoms with Gasteiger partial charge in [-0.15, -0.1) is 11.3 Å². The van der Waals surface area contributed by atoms with Crippen molar-refractivity contribution in [1.82, 2.24) is 14.9 Å². The quantitative estimate of drug-likeness (QED) is 0.193. The fourth-order valence-electron chi connectivity index (χ4n) is 4.72. The Morgan fingerprint density at radius 1 is 1.14 bits per heavy atom. The van der Waals surface area contributed by atoms with Gasteiger partial charge in [0.2, 0.25) is 0 Å². The number of hydrogen-bond acceptors (Lipinski definition) is 7. The Morgan fingerprint density at radius 3 is 2.67 bits per heavy atom. The zero-order valence-corrected chi connectivity index (χ0v) is 25.0. The number of carbonyl (C=O) groups is 2. The fraction of sp³-hybridized carbons (Fsp3) is 0.219. The maximum Gasteiger partial charge on any atom is 0.407 e. The minimum Gasteiger partial charge on any atom is -0.495 e. The number of aryl methyl sites for hydroxylation is 1. The normalized spacial score (nSPS) is 11.7. The molecule has 0 fully saturated rings. The number of hydrogen-bond donors (Lipinski definition) is 3. The summed E-state index contributed by atoms with van der Waals surface area (Å²) in [6.07, 6.45) is 4.98. The van der Waals surface area contributed by atoms with Gasteiger partial charge in [-0.3, -0.25) is 4.79 Å². The second-order valence-electron chi connectivity index (χ2n) is 10.8. The largest absolute Gasteiger partial charge is 0.495 e. The average molecular weight is 584 g/mol. The first-order chi connectivity index (χ1) is 20.1. The first kappa shape index (κ1) is 28.7. The Balaban J connectivity index is 1.38. The third-order valence-electron chi connectivity index (χ3n) is 6.66. The molecule has 2 amide bonds. The van der Waals surface area contributed by atoms with Crippen molar-refractivity contribution in [3.8, 4) is 16.9 Å². The number of aromatic nitrogens is 2. The zero-order chi connectivity index (χ0) is 30.0. The Hall–Kier alpha value is -4.83. The number of nitrogens with two attached hydrogens (primary N) is 1. The van der Waals surface area contributed by atoms with Crippen molar-refractivity contribution < 1.29 is 19.1 Å². The molecule has 216 valence electrons. The average Bonchev–Trinajstić information content (AvgIpc) is 3.54. The summed E-state index contributed by atoms with van der Waals surface area (Å²) in [4.78, 5) is 29.5. The van der Waals surface area contributed by atoms with Gasteiger partial charge in [0.05, 0.1) is 12.8 Å². The van der Waals surface area contributed by atoms with Crippen molar-refractivity contribution in [2.75, 3.05) is 24.7 Å². The van der Waals surface area contributed by atoms with Gasteiger partial charge in [-0.05, 0) is 56.0 Å². The second kappa shape index (κ2) is 11.6. The van der Waals surface area contributed by atoms with Crippen molar-refractivity contribution in [1.29, 1.82) is 0 Å². The number of nitrogens with zero attached hydrogens (tertiary/aromatic N) is 2. The van der Waals surface area contributed by atoms with Gasteiger partial charge in [0.15, 0.2) is 0 Å². The molecular weight excluding hydrogens is 550 g/mol. The van der Waals surface area contributed by atoms with E-state index in [4.69, 9.17) is 15.2 Å². The van der Waals surface area contributed by atoms with E-state index in [1.165, 1.54) is 0 Å². The van der Waals surface area contributed by atoms with E-state index in [9.17, 15) is 9.59 Å². The number of nitrogen functional groups attached to an aromatic ring is 1. The number of thiophene rings is 1. The maximum absolute atomic E-state index is 13.2. The summed E-state index contributed by atoms with van der Waals surface area (Å²) in [6, 6.07) is 15.4. The first-order valence-corrected chi connectivity index (χ1v) is 14.3. The van der Waals surface area contributed by atoms with Crippen molar-refractivity contribution in [3.05, 3.63) is 77.4 Å². The summed E-state index contributed by atoms with van der Waals surface area (Å²) in [6.45, 7) is 5.76. The van der Waals surface area contributed by atoms with Gasteiger partial charge in [-0.1, -0.05) is 36.4 Å². The van der Waals surface area contributed by atoms with Crippen LogP contribution in [0.1, 0.15) is 36.8 Å². The Kier molecular flexibility index (Phi) is 7.91. The molecule has 0 saturated carbocycles. The van der Waals surface area contributed by atoms with Crippen LogP contribution in [0.2, 0.25) is 0 Å². The summed E-state index contributed by atoms with van der Waals surface area (Å²) in [5.41, 5.74) is 10.5. The first-order valence-electron chi connectivity index (χ1n) is 13.4. The highest BCUT2D eigenvalue weighted by Crippen LogP contribution is 2.41. The highest BCUT2D eigenvalue weighted by atomic mass is 32.1. The van der Waals surface area contributed by atoms with Crippen LogP contribution in [-0.2, 0) is 11.8 Å². The summed E-state index contributed by atoms with van der Waals surface area (Å²) >= 11 is 1.55. The van der Waals surface area contributed by atoms with Crippen LogP contribution in [0.15, 0.2) is 66.2 Å². The Labute approximate surface area is 248 Å². The predicted octanol–water partition coefficient (Wildman–Crippen LogP) is 6.84. The summed E-state index contributed by atoms with van der Waals surface area (Å²) in [5.74, 6) is 0.707. The van der Waals surface area contributed by atoms with Crippen LogP contribution in [0.5, 0.6) is 5.75 Å². The number of ether oxygens (including phenoxy) is 2. The van der Waals surface area contributed by atoms with E-state index < -0.39 is 11.7 Å².